The minimum Gasteiger partial charge on any atom is -0.334 e. The summed E-state index contributed by atoms with van der Waals surface area (Å²) in [4.78, 5) is 24.6. The lowest BCUT2D eigenvalue weighted by Crippen LogP contribution is -2.43. The molecule has 1 aliphatic rings. The highest BCUT2D eigenvalue weighted by molar-refractivity contribution is 5.91. The van der Waals surface area contributed by atoms with Crippen molar-refractivity contribution in [2.24, 2.45) is 5.73 Å². The number of carbonyl (C=O) groups excluding carboxylic acids is 2. The Morgan fingerprint density at radius 1 is 1.33 bits per heavy atom. The van der Waals surface area contributed by atoms with Crippen molar-refractivity contribution in [3.05, 3.63) is 35.9 Å². The van der Waals surface area contributed by atoms with Crippen molar-refractivity contribution in [1.82, 2.24) is 4.90 Å². The summed E-state index contributed by atoms with van der Waals surface area (Å²) in [6.45, 7) is 0.738. The monoisotopic (exact) mass is 268 g/mol. The standard InChI is InChI=1S/C13H16N2O2.ClH/c14-12(8-10-4-2-1-3-5-10)13(17)15-7-6-11(16)9-15;/h1-5,12H,6-9,14H2;1H. The normalized spacial score (nSPS) is 16.3. The van der Waals surface area contributed by atoms with Crippen LogP contribution in [-0.4, -0.2) is 35.7 Å². The number of benzene rings is 1. The van der Waals surface area contributed by atoms with Gasteiger partial charge in [-0.3, -0.25) is 9.59 Å². The van der Waals surface area contributed by atoms with Gasteiger partial charge in [0.2, 0.25) is 5.91 Å². The van der Waals surface area contributed by atoms with Gasteiger partial charge in [-0.25, -0.2) is 0 Å². The number of nitrogens with zero attached hydrogens (tertiary/aromatic N) is 1. The molecule has 0 aliphatic carbocycles. The fourth-order valence-electron chi connectivity index (χ4n) is 2.01. The smallest absolute Gasteiger partial charge is 0.240 e. The quantitative estimate of drug-likeness (QED) is 0.881. The second kappa shape index (κ2) is 6.52. The Labute approximate surface area is 113 Å². The van der Waals surface area contributed by atoms with Crippen LogP contribution in [0.4, 0.5) is 0 Å². The van der Waals surface area contributed by atoms with Crippen LogP contribution in [0.1, 0.15) is 12.0 Å². The number of halogens is 1. The van der Waals surface area contributed by atoms with Crippen molar-refractivity contribution in [1.29, 1.82) is 0 Å². The molecule has 0 bridgehead atoms. The summed E-state index contributed by atoms with van der Waals surface area (Å²) in [6, 6.07) is 9.11. The molecule has 0 spiro atoms. The van der Waals surface area contributed by atoms with Gasteiger partial charge in [-0.15, -0.1) is 12.4 Å². The number of amides is 1. The molecule has 4 nitrogen and oxygen atoms in total. The zero-order valence-electron chi connectivity index (χ0n) is 10.0. The van der Waals surface area contributed by atoms with E-state index in [-0.39, 0.29) is 30.6 Å². The third kappa shape index (κ3) is 3.55. The molecule has 1 aromatic rings. The van der Waals surface area contributed by atoms with Gasteiger partial charge in [0.05, 0.1) is 12.6 Å². The molecule has 5 heteroatoms. The van der Waals surface area contributed by atoms with E-state index in [0.29, 0.717) is 19.4 Å². The summed E-state index contributed by atoms with van der Waals surface area (Å²) in [5, 5.41) is 0. The molecule has 1 amide bonds. The predicted octanol–water partition coefficient (Wildman–Crippen LogP) is 0.780. The summed E-state index contributed by atoms with van der Waals surface area (Å²) >= 11 is 0. The van der Waals surface area contributed by atoms with Crippen LogP contribution in [0.2, 0.25) is 0 Å². The molecule has 1 heterocycles. The number of Topliss-reactive ketones (excluding diaryl/α,β-unsaturated/α-hetero) is 1. The van der Waals surface area contributed by atoms with Gasteiger partial charge in [-0.05, 0) is 12.0 Å². The number of nitrogens with two attached hydrogens (primary N) is 1. The highest BCUT2D eigenvalue weighted by atomic mass is 35.5. The first-order chi connectivity index (χ1) is 8.16. The van der Waals surface area contributed by atoms with E-state index < -0.39 is 6.04 Å². The number of carbonyl (C=O) groups is 2. The molecule has 1 unspecified atom stereocenters. The van der Waals surface area contributed by atoms with Crippen LogP contribution >= 0.6 is 12.4 Å². The molecule has 0 radical (unpaired) electrons. The Kier molecular flexibility index (Phi) is 5.31. The Hall–Kier alpha value is -1.39. The summed E-state index contributed by atoms with van der Waals surface area (Å²) in [6.07, 6.45) is 0.980. The summed E-state index contributed by atoms with van der Waals surface area (Å²) < 4.78 is 0. The van der Waals surface area contributed by atoms with Crippen molar-refractivity contribution in [3.63, 3.8) is 0 Å². The second-order valence-corrected chi connectivity index (χ2v) is 4.34. The minimum atomic E-state index is -0.553. The molecular formula is C13H17ClN2O2. The van der Waals surface area contributed by atoms with Crippen molar-refractivity contribution < 1.29 is 9.59 Å². The van der Waals surface area contributed by atoms with E-state index in [1.54, 1.807) is 4.90 Å². The average molecular weight is 269 g/mol. The lowest BCUT2D eigenvalue weighted by Gasteiger charge is -2.19. The molecule has 1 fully saturated rings. The highest BCUT2D eigenvalue weighted by Crippen LogP contribution is 2.09. The first-order valence-corrected chi connectivity index (χ1v) is 5.77. The molecule has 1 saturated heterocycles. The van der Waals surface area contributed by atoms with E-state index in [4.69, 9.17) is 5.73 Å². The molecule has 1 aliphatic heterocycles. The molecule has 1 atom stereocenters. The first-order valence-electron chi connectivity index (χ1n) is 5.77. The van der Waals surface area contributed by atoms with Crippen LogP contribution in [0.25, 0.3) is 0 Å². The van der Waals surface area contributed by atoms with Gasteiger partial charge < -0.3 is 10.6 Å². The molecular weight excluding hydrogens is 252 g/mol. The summed E-state index contributed by atoms with van der Waals surface area (Å²) in [5.41, 5.74) is 6.91. The van der Waals surface area contributed by atoms with Gasteiger partial charge in [0, 0.05) is 13.0 Å². The van der Waals surface area contributed by atoms with E-state index in [1.165, 1.54) is 0 Å². The van der Waals surface area contributed by atoms with Gasteiger partial charge >= 0.3 is 0 Å². The average Bonchev–Trinajstić information content (AvgIpc) is 2.76. The molecule has 18 heavy (non-hydrogen) atoms. The maximum absolute atomic E-state index is 11.9. The molecule has 1 aromatic carbocycles. The Morgan fingerprint density at radius 3 is 2.56 bits per heavy atom. The molecule has 98 valence electrons. The van der Waals surface area contributed by atoms with Gasteiger partial charge in [-0.1, -0.05) is 30.3 Å². The van der Waals surface area contributed by atoms with Crippen LogP contribution in [0.3, 0.4) is 0 Å². The summed E-state index contributed by atoms with van der Waals surface area (Å²) in [7, 11) is 0. The van der Waals surface area contributed by atoms with Gasteiger partial charge in [0.1, 0.15) is 0 Å². The van der Waals surface area contributed by atoms with Gasteiger partial charge in [-0.2, -0.15) is 0 Å². The number of hydrogen-bond donors (Lipinski definition) is 1. The third-order valence-electron chi connectivity index (χ3n) is 2.96. The lowest BCUT2D eigenvalue weighted by molar-refractivity contribution is -0.132. The fraction of sp³-hybridized carbons (Fsp3) is 0.385. The zero-order chi connectivity index (χ0) is 12.3. The number of ketones is 1. The largest absolute Gasteiger partial charge is 0.334 e. The van der Waals surface area contributed by atoms with Crippen molar-refractivity contribution in [2.75, 3.05) is 13.1 Å². The minimum absolute atomic E-state index is 0. The van der Waals surface area contributed by atoms with E-state index in [2.05, 4.69) is 0 Å². The predicted molar refractivity (Wildman–Crippen MR) is 71.6 cm³/mol. The van der Waals surface area contributed by atoms with E-state index >= 15 is 0 Å². The van der Waals surface area contributed by atoms with E-state index in [1.807, 2.05) is 30.3 Å². The van der Waals surface area contributed by atoms with E-state index in [9.17, 15) is 9.59 Å². The zero-order valence-corrected chi connectivity index (χ0v) is 10.9. The SMILES string of the molecule is Cl.NC(Cc1ccccc1)C(=O)N1CCC(=O)C1. The maximum Gasteiger partial charge on any atom is 0.240 e. The third-order valence-corrected chi connectivity index (χ3v) is 2.96. The second-order valence-electron chi connectivity index (χ2n) is 4.34. The number of hydrogen-bond acceptors (Lipinski definition) is 3. The Morgan fingerprint density at radius 2 is 2.00 bits per heavy atom. The van der Waals surface area contributed by atoms with Crippen LogP contribution in [0.5, 0.6) is 0 Å². The van der Waals surface area contributed by atoms with E-state index in [0.717, 1.165) is 5.56 Å². The highest BCUT2D eigenvalue weighted by Gasteiger charge is 2.27. The van der Waals surface area contributed by atoms with Gasteiger partial charge in [0.15, 0.2) is 5.78 Å². The summed E-state index contributed by atoms with van der Waals surface area (Å²) in [5.74, 6) is -0.00929. The first kappa shape index (κ1) is 14.7. The van der Waals surface area contributed by atoms with Gasteiger partial charge in [0.25, 0.3) is 0 Å². The molecule has 0 aromatic heterocycles. The van der Waals surface area contributed by atoms with Crippen LogP contribution < -0.4 is 5.73 Å². The van der Waals surface area contributed by atoms with Crippen LogP contribution in [0.15, 0.2) is 30.3 Å². The maximum atomic E-state index is 11.9. The van der Waals surface area contributed by atoms with Crippen LogP contribution in [0, 0.1) is 0 Å². The lowest BCUT2D eigenvalue weighted by atomic mass is 10.1. The van der Waals surface area contributed by atoms with Crippen molar-refractivity contribution >= 4 is 24.1 Å². The Bertz CT molecular complexity index is 422. The molecule has 2 N–H and O–H groups in total. The van der Waals surface area contributed by atoms with Crippen molar-refractivity contribution in [2.45, 2.75) is 18.9 Å². The number of rotatable bonds is 3. The molecule has 0 saturated carbocycles. The fourth-order valence-corrected chi connectivity index (χ4v) is 2.01. The van der Waals surface area contributed by atoms with Crippen molar-refractivity contribution in [3.8, 4) is 0 Å². The topological polar surface area (TPSA) is 63.4 Å². The molecule has 2 rings (SSSR count). The Balaban J connectivity index is 0.00000162. The van der Waals surface area contributed by atoms with Crippen LogP contribution in [-0.2, 0) is 16.0 Å². The number of likely N-dealkylation sites (tertiary alicyclic amines) is 1.